The van der Waals surface area contributed by atoms with Gasteiger partial charge in [0.25, 0.3) is 0 Å². The van der Waals surface area contributed by atoms with E-state index in [0.29, 0.717) is 5.92 Å². The molecule has 0 spiro atoms. The minimum absolute atomic E-state index is 0.715. The average molecular weight is 188 g/mol. The van der Waals surface area contributed by atoms with Crippen LogP contribution in [-0.2, 0) is 0 Å². The van der Waals surface area contributed by atoms with Crippen molar-refractivity contribution in [1.82, 2.24) is 10.3 Å². The van der Waals surface area contributed by atoms with Crippen LogP contribution in [0.2, 0.25) is 0 Å². The molecule has 0 atom stereocenters. The average Bonchev–Trinajstić information content (AvgIpc) is 2.96. The molecule has 1 N–H and O–H groups in total. The Morgan fingerprint density at radius 1 is 1.14 bits per heavy atom. The smallest absolute Gasteiger partial charge is 0.0435 e. The summed E-state index contributed by atoms with van der Waals surface area (Å²) < 4.78 is 0. The van der Waals surface area contributed by atoms with Crippen LogP contribution in [0.15, 0.2) is 24.4 Å². The molecule has 2 nitrogen and oxygen atoms in total. The predicted octanol–water partition coefficient (Wildman–Crippen LogP) is 2.08. The van der Waals surface area contributed by atoms with E-state index in [2.05, 4.69) is 22.4 Å². The summed E-state index contributed by atoms with van der Waals surface area (Å²) in [4.78, 5) is 4.40. The Bertz CT molecular complexity index is 299. The van der Waals surface area contributed by atoms with Gasteiger partial charge in [0.15, 0.2) is 0 Å². The van der Waals surface area contributed by atoms with E-state index in [4.69, 9.17) is 0 Å². The summed E-state index contributed by atoms with van der Waals surface area (Å²) in [6.07, 6.45) is 7.26. The van der Waals surface area contributed by atoms with Gasteiger partial charge in [0, 0.05) is 29.9 Å². The van der Waals surface area contributed by atoms with Gasteiger partial charge in [0.05, 0.1) is 0 Å². The van der Waals surface area contributed by atoms with E-state index in [-0.39, 0.29) is 0 Å². The molecule has 1 heterocycles. The summed E-state index contributed by atoms with van der Waals surface area (Å²) in [5.41, 5.74) is 1.28. The zero-order valence-corrected chi connectivity index (χ0v) is 8.32. The third kappa shape index (κ3) is 1.67. The van der Waals surface area contributed by atoms with E-state index in [1.807, 2.05) is 12.3 Å². The third-order valence-electron chi connectivity index (χ3n) is 3.29. The van der Waals surface area contributed by atoms with Crippen LogP contribution < -0.4 is 5.32 Å². The molecule has 0 aliphatic heterocycles. The Morgan fingerprint density at radius 2 is 2.00 bits per heavy atom. The van der Waals surface area contributed by atoms with Crippen molar-refractivity contribution in [2.24, 2.45) is 0 Å². The quantitative estimate of drug-likeness (QED) is 0.785. The van der Waals surface area contributed by atoms with Crippen LogP contribution in [0.4, 0.5) is 0 Å². The Kier molecular flexibility index (Phi) is 2.02. The number of hydrogen-bond acceptors (Lipinski definition) is 2. The fraction of sp³-hybridized carbons (Fsp3) is 0.583. The summed E-state index contributed by atoms with van der Waals surface area (Å²) >= 11 is 0. The van der Waals surface area contributed by atoms with E-state index in [0.717, 1.165) is 12.1 Å². The molecule has 2 aliphatic carbocycles. The van der Waals surface area contributed by atoms with Crippen molar-refractivity contribution in [3.63, 3.8) is 0 Å². The van der Waals surface area contributed by atoms with Crippen molar-refractivity contribution in [3.8, 4) is 0 Å². The molecular formula is C12H16N2. The Balaban J connectivity index is 1.53. The van der Waals surface area contributed by atoms with E-state index in [1.54, 1.807) is 0 Å². The van der Waals surface area contributed by atoms with Gasteiger partial charge in [-0.15, -0.1) is 0 Å². The summed E-state index contributed by atoms with van der Waals surface area (Å²) in [5.74, 6) is 0.715. The molecule has 0 aromatic carbocycles. The maximum atomic E-state index is 4.40. The van der Waals surface area contributed by atoms with Crippen LogP contribution in [0.1, 0.15) is 37.3 Å². The number of aromatic nitrogens is 1. The topological polar surface area (TPSA) is 24.9 Å². The molecule has 14 heavy (non-hydrogen) atoms. The highest BCUT2D eigenvalue weighted by molar-refractivity contribution is 5.14. The van der Waals surface area contributed by atoms with Crippen LogP contribution >= 0.6 is 0 Å². The number of nitrogens with zero attached hydrogens (tertiary/aromatic N) is 1. The first-order chi connectivity index (χ1) is 6.92. The molecule has 2 heteroatoms. The van der Waals surface area contributed by atoms with Gasteiger partial charge in [-0.3, -0.25) is 4.98 Å². The molecule has 2 fully saturated rings. The van der Waals surface area contributed by atoms with Crippen molar-refractivity contribution in [2.75, 3.05) is 0 Å². The largest absolute Gasteiger partial charge is 0.311 e. The van der Waals surface area contributed by atoms with E-state index in [1.165, 1.54) is 31.4 Å². The number of pyridine rings is 1. The lowest BCUT2D eigenvalue weighted by molar-refractivity contribution is 0.284. The number of nitrogens with one attached hydrogen (secondary N) is 1. The van der Waals surface area contributed by atoms with E-state index in [9.17, 15) is 0 Å². The highest BCUT2D eigenvalue weighted by atomic mass is 15.0. The molecule has 74 valence electrons. The summed E-state index contributed by atoms with van der Waals surface area (Å²) in [6.45, 7) is 0. The van der Waals surface area contributed by atoms with E-state index >= 15 is 0 Å². The molecule has 0 unspecified atom stereocenters. The van der Waals surface area contributed by atoms with Crippen molar-refractivity contribution < 1.29 is 0 Å². The fourth-order valence-corrected chi connectivity index (χ4v) is 2.20. The zero-order chi connectivity index (χ0) is 9.38. The predicted molar refractivity (Wildman–Crippen MR) is 56.2 cm³/mol. The Labute approximate surface area is 84.7 Å². The zero-order valence-electron chi connectivity index (χ0n) is 8.32. The van der Waals surface area contributed by atoms with Gasteiger partial charge < -0.3 is 5.32 Å². The molecule has 0 radical (unpaired) electrons. The maximum Gasteiger partial charge on any atom is 0.0435 e. The maximum absolute atomic E-state index is 4.40. The van der Waals surface area contributed by atoms with Gasteiger partial charge in [-0.1, -0.05) is 6.07 Å². The van der Waals surface area contributed by atoms with Crippen molar-refractivity contribution in [1.29, 1.82) is 0 Å². The van der Waals surface area contributed by atoms with Gasteiger partial charge in [0.2, 0.25) is 0 Å². The first-order valence-corrected chi connectivity index (χ1v) is 5.59. The van der Waals surface area contributed by atoms with Gasteiger partial charge in [-0.25, -0.2) is 0 Å². The Hall–Kier alpha value is -0.890. The molecule has 2 saturated carbocycles. The first-order valence-electron chi connectivity index (χ1n) is 5.59. The summed E-state index contributed by atoms with van der Waals surface area (Å²) in [6, 6.07) is 7.85. The Morgan fingerprint density at radius 3 is 2.64 bits per heavy atom. The lowest BCUT2D eigenvalue weighted by Crippen LogP contribution is -2.41. The number of hydrogen-bond donors (Lipinski definition) is 1. The molecule has 2 aliphatic rings. The minimum Gasteiger partial charge on any atom is -0.311 e. The summed E-state index contributed by atoms with van der Waals surface area (Å²) in [7, 11) is 0. The standard InChI is InChI=1S/C12H16N2/c1-2-6-13-12(3-1)9-7-11(8-9)14-10-4-5-10/h1-3,6,9-11,14H,4-5,7-8H2. The first kappa shape index (κ1) is 8.42. The molecule has 0 saturated heterocycles. The van der Waals surface area contributed by atoms with E-state index < -0.39 is 0 Å². The normalized spacial score (nSPS) is 31.1. The second-order valence-electron chi connectivity index (χ2n) is 4.56. The molecular weight excluding hydrogens is 172 g/mol. The van der Waals surface area contributed by atoms with Crippen molar-refractivity contribution >= 4 is 0 Å². The van der Waals surface area contributed by atoms with Crippen LogP contribution in [0.3, 0.4) is 0 Å². The van der Waals surface area contributed by atoms with Crippen LogP contribution in [-0.4, -0.2) is 17.1 Å². The fourth-order valence-electron chi connectivity index (χ4n) is 2.20. The van der Waals surface area contributed by atoms with Crippen LogP contribution in [0.25, 0.3) is 0 Å². The van der Waals surface area contributed by atoms with Crippen molar-refractivity contribution in [3.05, 3.63) is 30.1 Å². The van der Waals surface area contributed by atoms with Gasteiger partial charge in [0.1, 0.15) is 0 Å². The second kappa shape index (κ2) is 3.35. The summed E-state index contributed by atoms with van der Waals surface area (Å²) in [5, 5.41) is 3.66. The lowest BCUT2D eigenvalue weighted by atomic mass is 9.78. The molecule has 0 amide bonds. The molecule has 3 rings (SSSR count). The molecule has 1 aromatic heterocycles. The van der Waals surface area contributed by atoms with Crippen LogP contribution in [0.5, 0.6) is 0 Å². The van der Waals surface area contributed by atoms with Crippen molar-refractivity contribution in [2.45, 2.75) is 43.7 Å². The van der Waals surface area contributed by atoms with Gasteiger partial charge in [-0.2, -0.15) is 0 Å². The van der Waals surface area contributed by atoms with Crippen LogP contribution in [0, 0.1) is 0 Å². The van der Waals surface area contributed by atoms with Gasteiger partial charge in [-0.05, 0) is 37.8 Å². The molecule has 0 bridgehead atoms. The monoisotopic (exact) mass is 188 g/mol. The second-order valence-corrected chi connectivity index (χ2v) is 4.56. The minimum atomic E-state index is 0.715. The number of rotatable bonds is 3. The van der Waals surface area contributed by atoms with Gasteiger partial charge >= 0.3 is 0 Å². The lowest BCUT2D eigenvalue weighted by Gasteiger charge is -2.35. The SMILES string of the molecule is c1ccc(C2CC(NC3CC3)C2)nc1. The highest BCUT2D eigenvalue weighted by Crippen LogP contribution is 2.37. The third-order valence-corrected chi connectivity index (χ3v) is 3.29. The highest BCUT2D eigenvalue weighted by Gasteiger charge is 2.34. The molecule has 1 aromatic rings.